The fourth-order valence-electron chi connectivity index (χ4n) is 4.44. The summed E-state index contributed by atoms with van der Waals surface area (Å²) in [5.41, 5.74) is 3.19. The van der Waals surface area contributed by atoms with Crippen molar-refractivity contribution in [2.24, 2.45) is 11.3 Å². The number of hydrogen-bond donors (Lipinski definition) is 2. The van der Waals surface area contributed by atoms with Crippen LogP contribution in [0, 0.1) is 11.3 Å². The van der Waals surface area contributed by atoms with Crippen molar-refractivity contribution in [3.8, 4) is 0 Å². The van der Waals surface area contributed by atoms with Crippen molar-refractivity contribution >= 4 is 36.4 Å². The molecule has 3 aliphatic rings. The Bertz CT molecular complexity index is 590. The third-order valence-electron chi connectivity index (χ3n) is 5.99. The molecular weight excluding hydrogens is 357 g/mol. The molecule has 0 bridgehead atoms. The molecule has 2 fully saturated rings. The van der Waals surface area contributed by atoms with Crippen molar-refractivity contribution in [3.05, 3.63) is 29.8 Å². The van der Waals surface area contributed by atoms with E-state index in [4.69, 9.17) is 0 Å². The minimum absolute atomic E-state index is 0. The highest BCUT2D eigenvalue weighted by Gasteiger charge is 2.57. The van der Waals surface area contributed by atoms with Crippen molar-refractivity contribution in [1.29, 1.82) is 0 Å². The molecule has 2 heterocycles. The molecule has 1 amide bonds. The first-order chi connectivity index (χ1) is 11.3. The number of amides is 1. The number of halogens is 2. The summed E-state index contributed by atoms with van der Waals surface area (Å²) in [5.74, 6) is 0.589. The molecule has 2 N–H and O–H groups in total. The quantitative estimate of drug-likeness (QED) is 0.765. The number of carbonyl (C=O) groups is 1. The first kappa shape index (κ1) is 20.3. The molecule has 1 aromatic rings. The summed E-state index contributed by atoms with van der Waals surface area (Å²) in [6.07, 6.45) is 5.65. The molecule has 140 valence electrons. The van der Waals surface area contributed by atoms with Crippen LogP contribution < -0.4 is 15.5 Å². The molecule has 0 aromatic heterocycles. The van der Waals surface area contributed by atoms with Gasteiger partial charge in [-0.05, 0) is 62.2 Å². The highest BCUT2D eigenvalue weighted by molar-refractivity contribution is 5.85. The lowest BCUT2D eigenvalue weighted by molar-refractivity contribution is -0.123. The van der Waals surface area contributed by atoms with Crippen molar-refractivity contribution in [3.63, 3.8) is 0 Å². The van der Waals surface area contributed by atoms with Crippen LogP contribution in [0.5, 0.6) is 0 Å². The molecule has 1 saturated heterocycles. The van der Waals surface area contributed by atoms with E-state index in [2.05, 4.69) is 39.8 Å². The van der Waals surface area contributed by atoms with Crippen LogP contribution in [0.15, 0.2) is 24.3 Å². The molecule has 1 aromatic carbocycles. The molecule has 1 atom stereocenters. The average Bonchev–Trinajstić information content (AvgIpc) is 3.12. The molecular formula is C19H29Cl2N3O. The van der Waals surface area contributed by atoms with Crippen molar-refractivity contribution < 1.29 is 4.79 Å². The van der Waals surface area contributed by atoms with Gasteiger partial charge in [-0.3, -0.25) is 4.79 Å². The molecule has 1 aliphatic carbocycles. The molecule has 4 nitrogen and oxygen atoms in total. The predicted octanol–water partition coefficient (Wildman–Crippen LogP) is 2.79. The Morgan fingerprint density at radius 3 is 2.80 bits per heavy atom. The Morgan fingerprint density at radius 2 is 2.00 bits per heavy atom. The van der Waals surface area contributed by atoms with Gasteiger partial charge in [0, 0.05) is 31.2 Å². The van der Waals surface area contributed by atoms with Gasteiger partial charge in [0.25, 0.3) is 0 Å². The number of nitrogens with zero attached hydrogens (tertiary/aromatic N) is 1. The number of rotatable bonds is 5. The van der Waals surface area contributed by atoms with Crippen LogP contribution in [0.1, 0.15) is 31.2 Å². The second-order valence-electron chi connectivity index (χ2n) is 7.38. The summed E-state index contributed by atoms with van der Waals surface area (Å²) in [5, 5.41) is 6.57. The van der Waals surface area contributed by atoms with Crippen LogP contribution >= 0.6 is 24.8 Å². The number of nitrogens with one attached hydrogen (secondary N) is 2. The second-order valence-corrected chi connectivity index (χ2v) is 7.38. The summed E-state index contributed by atoms with van der Waals surface area (Å²) < 4.78 is 0. The smallest absolute Gasteiger partial charge is 0.223 e. The average molecular weight is 386 g/mol. The first-order valence-electron chi connectivity index (χ1n) is 9.10. The summed E-state index contributed by atoms with van der Waals surface area (Å²) >= 11 is 0. The Hall–Kier alpha value is -0.970. The molecule has 1 unspecified atom stereocenters. The van der Waals surface area contributed by atoms with Crippen LogP contribution in [-0.4, -0.2) is 38.6 Å². The Labute approximate surface area is 162 Å². The maximum atomic E-state index is 12.3. The maximum Gasteiger partial charge on any atom is 0.223 e. The number of fused-ring (bicyclic) bond motifs is 1. The van der Waals surface area contributed by atoms with Gasteiger partial charge in [0.15, 0.2) is 0 Å². The van der Waals surface area contributed by atoms with Gasteiger partial charge in [-0.1, -0.05) is 18.2 Å². The summed E-state index contributed by atoms with van der Waals surface area (Å²) in [6.45, 7) is 5.13. The van der Waals surface area contributed by atoms with Crippen LogP contribution in [0.2, 0.25) is 0 Å². The summed E-state index contributed by atoms with van der Waals surface area (Å²) in [6, 6.07) is 8.67. The molecule has 2 aliphatic heterocycles. The zero-order valence-corrected chi connectivity index (χ0v) is 16.3. The topological polar surface area (TPSA) is 44.4 Å². The number of hydrogen-bond acceptors (Lipinski definition) is 3. The van der Waals surface area contributed by atoms with Gasteiger partial charge in [-0.15, -0.1) is 24.8 Å². The van der Waals surface area contributed by atoms with Gasteiger partial charge in [0.05, 0.1) is 0 Å². The highest BCUT2D eigenvalue weighted by Crippen LogP contribution is 2.58. The molecule has 25 heavy (non-hydrogen) atoms. The third kappa shape index (κ3) is 4.24. The van der Waals surface area contributed by atoms with Crippen LogP contribution in [0.25, 0.3) is 0 Å². The van der Waals surface area contributed by atoms with E-state index in [0.717, 1.165) is 52.0 Å². The monoisotopic (exact) mass is 385 g/mol. The molecule has 0 radical (unpaired) electrons. The third-order valence-corrected chi connectivity index (χ3v) is 5.99. The zero-order chi connectivity index (χ0) is 15.7. The standard InChI is InChI=1S/C19H27N3O.2ClH/c23-18(16-14-19(16)7-10-20-11-8-19)21-9-3-12-22-13-6-15-4-1-2-5-17(15)22;;/h1-2,4-5,16,20H,3,6-14H2,(H,21,23);2*1H. The Balaban J connectivity index is 0.00000113. The van der Waals surface area contributed by atoms with E-state index < -0.39 is 0 Å². The number of para-hydroxylation sites is 1. The minimum Gasteiger partial charge on any atom is -0.371 e. The van der Waals surface area contributed by atoms with E-state index in [1.165, 1.54) is 24.1 Å². The van der Waals surface area contributed by atoms with E-state index >= 15 is 0 Å². The van der Waals surface area contributed by atoms with Gasteiger partial charge < -0.3 is 15.5 Å². The zero-order valence-electron chi connectivity index (χ0n) is 14.6. The lowest BCUT2D eigenvalue weighted by Gasteiger charge is -2.23. The fraction of sp³-hybridized carbons (Fsp3) is 0.632. The maximum absolute atomic E-state index is 12.3. The van der Waals surface area contributed by atoms with Gasteiger partial charge in [-0.25, -0.2) is 0 Å². The number of benzene rings is 1. The van der Waals surface area contributed by atoms with E-state index in [1.807, 2.05) is 0 Å². The molecule has 1 saturated carbocycles. The number of anilines is 1. The fourth-order valence-corrected chi connectivity index (χ4v) is 4.44. The Kier molecular flexibility index (Phi) is 7.01. The first-order valence-corrected chi connectivity index (χ1v) is 9.10. The highest BCUT2D eigenvalue weighted by atomic mass is 35.5. The van der Waals surface area contributed by atoms with Crippen molar-refractivity contribution in [2.45, 2.75) is 32.1 Å². The summed E-state index contributed by atoms with van der Waals surface area (Å²) in [4.78, 5) is 14.8. The van der Waals surface area contributed by atoms with Crippen LogP contribution in [0.3, 0.4) is 0 Å². The van der Waals surface area contributed by atoms with Gasteiger partial charge in [0.1, 0.15) is 0 Å². The van der Waals surface area contributed by atoms with E-state index in [-0.39, 0.29) is 30.7 Å². The minimum atomic E-state index is 0. The van der Waals surface area contributed by atoms with E-state index in [9.17, 15) is 4.79 Å². The predicted molar refractivity (Wildman–Crippen MR) is 107 cm³/mol. The van der Waals surface area contributed by atoms with Crippen molar-refractivity contribution in [2.75, 3.05) is 37.6 Å². The van der Waals surface area contributed by atoms with Crippen LogP contribution in [-0.2, 0) is 11.2 Å². The molecule has 4 rings (SSSR count). The van der Waals surface area contributed by atoms with Crippen molar-refractivity contribution in [1.82, 2.24) is 10.6 Å². The van der Waals surface area contributed by atoms with Crippen LogP contribution in [0.4, 0.5) is 5.69 Å². The van der Waals surface area contributed by atoms with Gasteiger partial charge in [0.2, 0.25) is 5.91 Å². The lowest BCUT2D eigenvalue weighted by Crippen LogP contribution is -2.34. The van der Waals surface area contributed by atoms with Gasteiger partial charge in [-0.2, -0.15) is 0 Å². The second kappa shape index (κ2) is 8.61. The number of piperidine rings is 1. The molecule has 1 spiro atoms. The normalized spacial score (nSPS) is 22.6. The van der Waals surface area contributed by atoms with E-state index in [0.29, 0.717) is 11.3 Å². The molecule has 6 heteroatoms. The summed E-state index contributed by atoms with van der Waals surface area (Å²) in [7, 11) is 0. The SMILES string of the molecule is Cl.Cl.O=C(NCCCN1CCc2ccccc21)C1CC12CCNCC2. The lowest BCUT2D eigenvalue weighted by atomic mass is 9.92. The largest absolute Gasteiger partial charge is 0.371 e. The Morgan fingerprint density at radius 1 is 1.24 bits per heavy atom. The number of carbonyl (C=O) groups excluding carboxylic acids is 1. The van der Waals surface area contributed by atoms with E-state index in [1.54, 1.807) is 0 Å². The van der Waals surface area contributed by atoms with Gasteiger partial charge >= 0.3 is 0 Å².